The summed E-state index contributed by atoms with van der Waals surface area (Å²) in [7, 11) is 0. The lowest BCUT2D eigenvalue weighted by atomic mass is 10.1. The van der Waals surface area contributed by atoms with Crippen molar-refractivity contribution in [2.45, 2.75) is 39.8 Å². The summed E-state index contributed by atoms with van der Waals surface area (Å²) in [5.41, 5.74) is 2.10. The van der Waals surface area contributed by atoms with E-state index >= 15 is 0 Å². The van der Waals surface area contributed by atoms with Gasteiger partial charge >= 0.3 is 0 Å². The van der Waals surface area contributed by atoms with Gasteiger partial charge < -0.3 is 10.6 Å². The molecule has 0 aliphatic rings. The Hall–Kier alpha value is -1.06. The predicted octanol–water partition coefficient (Wildman–Crippen LogP) is 2.65. The van der Waals surface area contributed by atoms with Gasteiger partial charge in [-0.3, -0.25) is 4.79 Å². The van der Waals surface area contributed by atoms with Crippen molar-refractivity contribution in [2.75, 3.05) is 6.54 Å². The highest BCUT2D eigenvalue weighted by Crippen LogP contribution is 2.14. The number of hydrogen-bond acceptors (Lipinski definition) is 2. The topological polar surface area (TPSA) is 41.1 Å². The fraction of sp³-hybridized carbons (Fsp3) is 0.500. The van der Waals surface area contributed by atoms with Crippen molar-refractivity contribution < 1.29 is 4.79 Å². The molecule has 3 nitrogen and oxygen atoms in total. The van der Waals surface area contributed by atoms with E-state index in [-0.39, 0.29) is 11.4 Å². The molecule has 100 valence electrons. The number of benzene rings is 1. The number of rotatable bonds is 4. The van der Waals surface area contributed by atoms with Crippen LogP contribution in [0.4, 0.5) is 0 Å². The lowest BCUT2D eigenvalue weighted by Crippen LogP contribution is -2.44. The second-order valence-corrected chi connectivity index (χ2v) is 5.91. The van der Waals surface area contributed by atoms with Crippen LogP contribution in [-0.4, -0.2) is 18.0 Å². The first-order chi connectivity index (χ1) is 8.28. The molecule has 1 rings (SSSR count). The fourth-order valence-corrected chi connectivity index (χ4v) is 1.86. The number of carbonyl (C=O) groups excluding carboxylic acids is 1. The first-order valence-electron chi connectivity index (χ1n) is 6.05. The number of amides is 1. The lowest BCUT2D eigenvalue weighted by molar-refractivity contribution is -0.121. The van der Waals surface area contributed by atoms with Gasteiger partial charge in [0.05, 0.1) is 6.54 Å². The van der Waals surface area contributed by atoms with Crippen molar-refractivity contribution in [1.82, 2.24) is 10.6 Å². The first kappa shape index (κ1) is 15.0. The van der Waals surface area contributed by atoms with Crippen LogP contribution < -0.4 is 10.6 Å². The molecule has 0 saturated carbocycles. The third-order valence-electron chi connectivity index (χ3n) is 2.42. The number of halogens is 1. The number of hydrogen-bond donors (Lipinski definition) is 2. The van der Waals surface area contributed by atoms with Crippen LogP contribution in [0, 0.1) is 6.92 Å². The van der Waals surface area contributed by atoms with E-state index in [4.69, 9.17) is 11.6 Å². The van der Waals surface area contributed by atoms with Gasteiger partial charge in [0.2, 0.25) is 5.91 Å². The number of nitrogens with one attached hydrogen (secondary N) is 2. The molecule has 0 unspecified atom stereocenters. The maximum Gasteiger partial charge on any atom is 0.234 e. The van der Waals surface area contributed by atoms with E-state index in [0.29, 0.717) is 13.1 Å². The minimum absolute atomic E-state index is 0.00844. The molecule has 0 saturated heterocycles. The second-order valence-electron chi connectivity index (χ2n) is 5.47. The normalized spacial score (nSPS) is 11.4. The molecule has 0 bridgehead atoms. The Labute approximate surface area is 114 Å². The molecular formula is C14H21ClN2O. The highest BCUT2D eigenvalue weighted by Gasteiger charge is 2.12. The molecule has 0 heterocycles. The lowest BCUT2D eigenvalue weighted by Gasteiger charge is -2.20. The largest absolute Gasteiger partial charge is 0.350 e. The Morgan fingerprint density at radius 3 is 2.56 bits per heavy atom. The third kappa shape index (κ3) is 5.52. The fourth-order valence-electron chi connectivity index (χ4n) is 1.63. The average molecular weight is 269 g/mol. The SMILES string of the molecule is Cc1cc(Cl)ccc1CNCC(=O)NC(C)(C)C. The van der Waals surface area contributed by atoms with E-state index < -0.39 is 0 Å². The van der Waals surface area contributed by atoms with Crippen LogP contribution in [0.15, 0.2) is 18.2 Å². The summed E-state index contributed by atoms with van der Waals surface area (Å²) >= 11 is 5.89. The van der Waals surface area contributed by atoms with Gasteiger partial charge in [-0.05, 0) is 51.0 Å². The van der Waals surface area contributed by atoms with Gasteiger partial charge in [-0.2, -0.15) is 0 Å². The van der Waals surface area contributed by atoms with Crippen LogP contribution in [0.5, 0.6) is 0 Å². The Kier molecular flexibility index (Phi) is 5.17. The van der Waals surface area contributed by atoms with Gasteiger partial charge in [-0.1, -0.05) is 17.7 Å². The van der Waals surface area contributed by atoms with E-state index in [1.807, 2.05) is 45.9 Å². The molecule has 1 aromatic carbocycles. The second kappa shape index (κ2) is 6.21. The van der Waals surface area contributed by atoms with Crippen LogP contribution in [-0.2, 0) is 11.3 Å². The molecular weight excluding hydrogens is 248 g/mol. The van der Waals surface area contributed by atoms with E-state index in [1.165, 1.54) is 0 Å². The molecule has 2 N–H and O–H groups in total. The minimum Gasteiger partial charge on any atom is -0.350 e. The third-order valence-corrected chi connectivity index (χ3v) is 2.66. The van der Waals surface area contributed by atoms with Gasteiger partial charge in [-0.25, -0.2) is 0 Å². The van der Waals surface area contributed by atoms with Gasteiger partial charge in [0.25, 0.3) is 0 Å². The van der Waals surface area contributed by atoms with Gasteiger partial charge in [0.15, 0.2) is 0 Å². The summed E-state index contributed by atoms with van der Waals surface area (Å²) in [4.78, 5) is 11.6. The van der Waals surface area contributed by atoms with Gasteiger partial charge in [0.1, 0.15) is 0 Å². The summed E-state index contributed by atoms with van der Waals surface area (Å²) in [6, 6.07) is 5.76. The first-order valence-corrected chi connectivity index (χ1v) is 6.42. The molecule has 1 aromatic rings. The number of aryl methyl sites for hydroxylation is 1. The Morgan fingerprint density at radius 2 is 2.00 bits per heavy atom. The van der Waals surface area contributed by atoms with Gasteiger partial charge in [-0.15, -0.1) is 0 Å². The Bertz CT molecular complexity index is 424. The summed E-state index contributed by atoms with van der Waals surface area (Å²) in [6.45, 7) is 8.90. The zero-order valence-electron chi connectivity index (χ0n) is 11.4. The van der Waals surface area contributed by atoms with Crippen LogP contribution in [0.2, 0.25) is 5.02 Å². The van der Waals surface area contributed by atoms with Crippen LogP contribution in [0.1, 0.15) is 31.9 Å². The van der Waals surface area contributed by atoms with Crippen molar-refractivity contribution in [3.63, 3.8) is 0 Å². The van der Waals surface area contributed by atoms with E-state index in [9.17, 15) is 4.79 Å². The Morgan fingerprint density at radius 1 is 1.33 bits per heavy atom. The van der Waals surface area contributed by atoms with E-state index in [2.05, 4.69) is 10.6 Å². The van der Waals surface area contributed by atoms with Crippen LogP contribution >= 0.6 is 11.6 Å². The van der Waals surface area contributed by atoms with Gasteiger partial charge in [0, 0.05) is 17.1 Å². The summed E-state index contributed by atoms with van der Waals surface area (Å²) in [5.74, 6) is 0.00844. The number of carbonyl (C=O) groups is 1. The zero-order chi connectivity index (χ0) is 13.8. The standard InChI is InChI=1S/C14H21ClN2O/c1-10-7-12(15)6-5-11(10)8-16-9-13(18)17-14(2,3)4/h5-7,16H,8-9H2,1-4H3,(H,17,18). The predicted molar refractivity (Wildman–Crippen MR) is 75.8 cm³/mol. The maximum absolute atomic E-state index is 11.6. The molecule has 18 heavy (non-hydrogen) atoms. The highest BCUT2D eigenvalue weighted by atomic mass is 35.5. The molecule has 0 aliphatic heterocycles. The quantitative estimate of drug-likeness (QED) is 0.882. The van der Waals surface area contributed by atoms with Crippen molar-refractivity contribution in [3.8, 4) is 0 Å². The maximum atomic E-state index is 11.6. The Balaban J connectivity index is 2.40. The zero-order valence-corrected chi connectivity index (χ0v) is 12.2. The average Bonchev–Trinajstić information content (AvgIpc) is 2.18. The van der Waals surface area contributed by atoms with Crippen molar-refractivity contribution >= 4 is 17.5 Å². The molecule has 1 amide bonds. The van der Waals surface area contributed by atoms with Crippen molar-refractivity contribution in [2.24, 2.45) is 0 Å². The highest BCUT2D eigenvalue weighted by molar-refractivity contribution is 6.30. The summed E-state index contributed by atoms with van der Waals surface area (Å²) in [5, 5.41) is 6.77. The van der Waals surface area contributed by atoms with E-state index in [1.54, 1.807) is 0 Å². The smallest absolute Gasteiger partial charge is 0.234 e. The molecule has 0 atom stereocenters. The molecule has 0 fully saturated rings. The monoisotopic (exact) mass is 268 g/mol. The molecule has 0 radical (unpaired) electrons. The molecule has 0 aliphatic carbocycles. The van der Waals surface area contributed by atoms with Crippen molar-refractivity contribution in [3.05, 3.63) is 34.3 Å². The van der Waals surface area contributed by atoms with E-state index in [0.717, 1.165) is 16.1 Å². The van der Waals surface area contributed by atoms with Crippen LogP contribution in [0.3, 0.4) is 0 Å². The van der Waals surface area contributed by atoms with Crippen LogP contribution in [0.25, 0.3) is 0 Å². The molecule has 0 aromatic heterocycles. The summed E-state index contributed by atoms with van der Waals surface area (Å²) < 4.78 is 0. The summed E-state index contributed by atoms with van der Waals surface area (Å²) in [6.07, 6.45) is 0. The molecule has 4 heteroatoms. The van der Waals surface area contributed by atoms with Crippen molar-refractivity contribution in [1.29, 1.82) is 0 Å². The minimum atomic E-state index is -0.186. The molecule has 0 spiro atoms.